The van der Waals surface area contributed by atoms with Gasteiger partial charge in [0, 0.05) is 23.2 Å². The molecule has 128 valence electrons. The zero-order chi connectivity index (χ0) is 16.4. The van der Waals surface area contributed by atoms with Crippen molar-refractivity contribution in [2.75, 3.05) is 7.05 Å². The van der Waals surface area contributed by atoms with Gasteiger partial charge in [0.1, 0.15) is 0 Å². The second-order valence-corrected chi connectivity index (χ2v) is 7.83. The minimum atomic E-state index is -3.63. The zero-order valence-electron chi connectivity index (χ0n) is 13.4. The molecule has 4 nitrogen and oxygen atoms in total. The van der Waals surface area contributed by atoms with Gasteiger partial charge in [-0.2, -0.15) is 11.3 Å². The van der Waals surface area contributed by atoms with Crippen LogP contribution in [-0.2, 0) is 16.6 Å². The van der Waals surface area contributed by atoms with E-state index >= 15 is 0 Å². The van der Waals surface area contributed by atoms with Crippen molar-refractivity contribution in [1.82, 2.24) is 9.29 Å². The predicted octanol–water partition coefficient (Wildman–Crippen LogP) is 3.90. The Hall–Kier alpha value is -1.60. The SMILES string of the molecule is CNCc1cc(-c2ccsc2)n(S(=O)(=O)c2ccccc2)c1C.Cl. The standard InChI is InChI=1S/C17H18N2O2S2.ClH/c1-13-15(11-18-2)10-17(14-8-9-22-12-14)19(13)23(20,21)16-6-4-3-5-7-16;/h3-10,12,18H,11H2,1-2H3;1H. The lowest BCUT2D eigenvalue weighted by Crippen LogP contribution is -2.16. The monoisotopic (exact) mass is 382 g/mol. The van der Waals surface area contributed by atoms with Crippen molar-refractivity contribution in [3.63, 3.8) is 0 Å². The maximum atomic E-state index is 13.1. The van der Waals surface area contributed by atoms with Crippen LogP contribution in [0.25, 0.3) is 11.3 Å². The molecule has 7 heteroatoms. The molecular weight excluding hydrogens is 364 g/mol. The summed E-state index contributed by atoms with van der Waals surface area (Å²) >= 11 is 1.55. The number of nitrogens with zero attached hydrogens (tertiary/aromatic N) is 1. The molecule has 3 aromatic rings. The molecule has 2 heterocycles. The molecule has 0 amide bonds. The quantitative estimate of drug-likeness (QED) is 0.728. The summed E-state index contributed by atoms with van der Waals surface area (Å²) in [6, 6.07) is 12.4. The number of aromatic nitrogens is 1. The number of hydrogen-bond acceptors (Lipinski definition) is 4. The van der Waals surface area contributed by atoms with Crippen molar-refractivity contribution in [2.45, 2.75) is 18.4 Å². The summed E-state index contributed by atoms with van der Waals surface area (Å²) in [5, 5.41) is 7.02. The summed E-state index contributed by atoms with van der Waals surface area (Å²) in [6.45, 7) is 2.48. The van der Waals surface area contributed by atoms with Crippen LogP contribution in [-0.4, -0.2) is 19.4 Å². The Morgan fingerprint density at radius 3 is 2.46 bits per heavy atom. The second-order valence-electron chi connectivity index (χ2n) is 5.27. The van der Waals surface area contributed by atoms with E-state index in [1.165, 1.54) is 3.97 Å². The lowest BCUT2D eigenvalue weighted by molar-refractivity contribution is 0.586. The maximum absolute atomic E-state index is 13.1. The third-order valence-corrected chi connectivity index (χ3v) is 6.27. The van der Waals surface area contributed by atoms with E-state index in [0.29, 0.717) is 17.1 Å². The molecule has 0 radical (unpaired) electrons. The average molecular weight is 383 g/mol. The van der Waals surface area contributed by atoms with Gasteiger partial charge in [0.25, 0.3) is 10.0 Å². The average Bonchev–Trinajstić information content (AvgIpc) is 3.17. The first kappa shape index (κ1) is 18.7. The first-order valence-corrected chi connectivity index (χ1v) is 9.63. The van der Waals surface area contributed by atoms with Crippen LogP contribution in [0.15, 0.2) is 58.1 Å². The fourth-order valence-corrected chi connectivity index (χ4v) is 4.88. The molecule has 3 rings (SSSR count). The minimum Gasteiger partial charge on any atom is -0.316 e. The number of benzene rings is 1. The van der Waals surface area contributed by atoms with E-state index in [1.54, 1.807) is 35.6 Å². The van der Waals surface area contributed by atoms with E-state index in [2.05, 4.69) is 5.32 Å². The van der Waals surface area contributed by atoms with Crippen molar-refractivity contribution >= 4 is 33.8 Å². The van der Waals surface area contributed by atoms with Gasteiger partial charge < -0.3 is 5.32 Å². The largest absolute Gasteiger partial charge is 0.316 e. The Labute approximate surface area is 152 Å². The molecular formula is C17H19ClN2O2S2. The Kier molecular flexibility index (Phi) is 5.87. The molecule has 0 unspecified atom stereocenters. The molecule has 0 aliphatic heterocycles. The van der Waals surface area contributed by atoms with E-state index in [4.69, 9.17) is 0 Å². The molecule has 2 aromatic heterocycles. The molecule has 1 N–H and O–H groups in total. The van der Waals surface area contributed by atoms with Gasteiger partial charge >= 0.3 is 0 Å². The summed E-state index contributed by atoms with van der Waals surface area (Å²) in [5.74, 6) is 0. The van der Waals surface area contributed by atoms with Crippen LogP contribution in [0.4, 0.5) is 0 Å². The molecule has 0 atom stereocenters. The minimum absolute atomic E-state index is 0. The van der Waals surface area contributed by atoms with Crippen LogP contribution in [0, 0.1) is 6.92 Å². The zero-order valence-corrected chi connectivity index (χ0v) is 15.8. The van der Waals surface area contributed by atoms with Crippen molar-refractivity contribution in [3.8, 4) is 11.3 Å². The first-order valence-electron chi connectivity index (χ1n) is 7.24. The topological polar surface area (TPSA) is 51.1 Å². The fraction of sp³-hybridized carbons (Fsp3) is 0.176. The third-order valence-electron chi connectivity index (χ3n) is 3.76. The number of halogens is 1. The molecule has 0 bridgehead atoms. The summed E-state index contributed by atoms with van der Waals surface area (Å²) in [6.07, 6.45) is 0. The molecule has 1 aromatic carbocycles. The lowest BCUT2D eigenvalue weighted by Gasteiger charge is -2.12. The normalized spacial score (nSPS) is 11.2. The van der Waals surface area contributed by atoms with Gasteiger partial charge in [-0.3, -0.25) is 0 Å². The van der Waals surface area contributed by atoms with E-state index in [-0.39, 0.29) is 12.4 Å². The van der Waals surface area contributed by atoms with Gasteiger partial charge in [-0.1, -0.05) is 18.2 Å². The summed E-state index contributed by atoms with van der Waals surface area (Å²) in [7, 11) is -1.78. The highest BCUT2D eigenvalue weighted by Gasteiger charge is 2.24. The third kappa shape index (κ3) is 3.28. The van der Waals surface area contributed by atoms with Gasteiger partial charge in [0.05, 0.1) is 10.6 Å². The highest BCUT2D eigenvalue weighted by atomic mass is 35.5. The molecule has 24 heavy (non-hydrogen) atoms. The lowest BCUT2D eigenvalue weighted by atomic mass is 10.2. The molecule has 0 saturated heterocycles. The Balaban J connectivity index is 0.00000208. The summed E-state index contributed by atoms with van der Waals surface area (Å²) in [5.41, 5.74) is 3.34. The van der Waals surface area contributed by atoms with E-state index < -0.39 is 10.0 Å². The van der Waals surface area contributed by atoms with Crippen molar-refractivity contribution in [3.05, 3.63) is 64.5 Å². The second kappa shape index (κ2) is 7.53. The van der Waals surface area contributed by atoms with Gasteiger partial charge in [0.2, 0.25) is 0 Å². The van der Waals surface area contributed by atoms with Crippen LogP contribution >= 0.6 is 23.7 Å². The highest BCUT2D eigenvalue weighted by molar-refractivity contribution is 7.90. The highest BCUT2D eigenvalue weighted by Crippen LogP contribution is 2.31. The number of hydrogen-bond donors (Lipinski definition) is 1. The van der Waals surface area contributed by atoms with Crippen LogP contribution in [0.2, 0.25) is 0 Å². The van der Waals surface area contributed by atoms with Gasteiger partial charge in [-0.25, -0.2) is 12.4 Å². The van der Waals surface area contributed by atoms with Crippen molar-refractivity contribution in [1.29, 1.82) is 0 Å². The number of rotatable bonds is 5. The van der Waals surface area contributed by atoms with Crippen molar-refractivity contribution in [2.24, 2.45) is 0 Å². The summed E-state index contributed by atoms with van der Waals surface area (Å²) in [4.78, 5) is 0.297. The number of thiophene rings is 1. The Bertz CT molecular complexity index is 902. The molecule has 0 saturated carbocycles. The van der Waals surface area contributed by atoms with Crippen molar-refractivity contribution < 1.29 is 8.42 Å². The molecule has 0 fully saturated rings. The van der Waals surface area contributed by atoms with Gasteiger partial charge in [-0.15, -0.1) is 12.4 Å². The molecule has 0 spiro atoms. The maximum Gasteiger partial charge on any atom is 0.268 e. The fourth-order valence-electron chi connectivity index (χ4n) is 2.63. The summed E-state index contributed by atoms with van der Waals surface area (Å²) < 4.78 is 27.7. The van der Waals surface area contributed by atoms with E-state index in [1.807, 2.05) is 42.9 Å². The van der Waals surface area contributed by atoms with Gasteiger partial charge in [0.15, 0.2) is 0 Å². The predicted molar refractivity (Wildman–Crippen MR) is 102 cm³/mol. The smallest absolute Gasteiger partial charge is 0.268 e. The van der Waals surface area contributed by atoms with Crippen LogP contribution in [0.1, 0.15) is 11.3 Å². The van der Waals surface area contributed by atoms with E-state index in [0.717, 1.165) is 16.8 Å². The molecule has 0 aliphatic carbocycles. The molecule has 0 aliphatic rings. The van der Waals surface area contributed by atoms with Gasteiger partial charge in [-0.05, 0) is 49.2 Å². The number of nitrogens with one attached hydrogen (secondary N) is 1. The Morgan fingerprint density at radius 2 is 1.88 bits per heavy atom. The first-order chi connectivity index (χ1) is 11.1. The van der Waals surface area contributed by atoms with Crippen LogP contribution < -0.4 is 5.32 Å². The van der Waals surface area contributed by atoms with Crippen LogP contribution in [0.5, 0.6) is 0 Å². The van der Waals surface area contributed by atoms with E-state index in [9.17, 15) is 8.42 Å². The Morgan fingerprint density at radius 1 is 1.17 bits per heavy atom. The van der Waals surface area contributed by atoms with Crippen LogP contribution in [0.3, 0.4) is 0 Å².